The molecule has 2 aromatic rings. The van der Waals surface area contributed by atoms with Gasteiger partial charge in [0, 0.05) is 21.1 Å². The predicted octanol–water partition coefficient (Wildman–Crippen LogP) is 4.37. The molecular weight excluding hydrogens is 401 g/mol. The van der Waals surface area contributed by atoms with Gasteiger partial charge >= 0.3 is 0 Å². The monoisotopic (exact) mass is 417 g/mol. The third kappa shape index (κ3) is 4.83. The molecule has 0 aliphatic rings. The predicted molar refractivity (Wildman–Crippen MR) is 101 cm³/mol. The van der Waals surface area contributed by atoms with E-state index in [1.807, 2.05) is 50.2 Å². The molecule has 0 unspecified atom stereocenters. The average molecular weight is 417 g/mol. The fourth-order valence-electron chi connectivity index (χ4n) is 1.92. The summed E-state index contributed by atoms with van der Waals surface area (Å²) in [5.41, 5.74) is 3.69. The van der Waals surface area contributed by atoms with Crippen molar-refractivity contribution in [3.8, 4) is 6.07 Å². The number of benzene rings is 2. The van der Waals surface area contributed by atoms with Crippen LogP contribution in [-0.4, -0.2) is 5.91 Å². The third-order valence-corrected chi connectivity index (χ3v) is 3.91. The van der Waals surface area contributed by atoms with Crippen LogP contribution in [0.4, 0.5) is 11.4 Å². The zero-order valence-electron chi connectivity index (χ0n) is 12.9. The second kappa shape index (κ2) is 7.79. The lowest BCUT2D eigenvalue weighted by Gasteiger charge is -2.07. The topological polar surface area (TPSA) is 64.9 Å². The molecule has 0 aliphatic carbocycles. The molecule has 2 aromatic carbocycles. The van der Waals surface area contributed by atoms with Crippen molar-refractivity contribution in [1.29, 1.82) is 5.26 Å². The summed E-state index contributed by atoms with van der Waals surface area (Å²) in [6.07, 6.45) is 1.43. The number of nitrogens with one attached hydrogen (secondary N) is 2. The van der Waals surface area contributed by atoms with Gasteiger partial charge in [-0.15, -0.1) is 0 Å². The Morgan fingerprint density at radius 3 is 2.48 bits per heavy atom. The number of anilines is 2. The van der Waals surface area contributed by atoms with Crippen molar-refractivity contribution in [2.24, 2.45) is 0 Å². The maximum absolute atomic E-state index is 12.1. The Kier molecular flexibility index (Phi) is 5.77. The van der Waals surface area contributed by atoms with Crippen molar-refractivity contribution in [2.75, 3.05) is 10.6 Å². The molecule has 0 fully saturated rings. The highest BCUT2D eigenvalue weighted by molar-refractivity contribution is 14.1. The fraction of sp³-hybridized carbons (Fsp3) is 0.111. The van der Waals surface area contributed by atoms with Gasteiger partial charge in [-0.2, -0.15) is 5.26 Å². The number of carbonyl (C=O) groups excluding carboxylic acids is 1. The standard InChI is InChI=1S/C18H16IN3O/c1-12-3-6-16(7-4-12)22-18(23)14(10-20)11-21-17-8-5-15(19)9-13(17)2/h3-9,11,21H,1-2H3,(H,22,23)/b14-11-. The van der Waals surface area contributed by atoms with E-state index in [4.69, 9.17) is 0 Å². The Bertz CT molecular complexity index is 789. The van der Waals surface area contributed by atoms with Crippen LogP contribution in [0.25, 0.3) is 0 Å². The zero-order valence-corrected chi connectivity index (χ0v) is 15.0. The Morgan fingerprint density at radius 2 is 1.87 bits per heavy atom. The Balaban J connectivity index is 2.10. The van der Waals surface area contributed by atoms with Crippen molar-refractivity contribution >= 4 is 39.9 Å². The average Bonchev–Trinajstić information content (AvgIpc) is 2.52. The molecule has 4 nitrogen and oxygen atoms in total. The van der Waals surface area contributed by atoms with Gasteiger partial charge < -0.3 is 10.6 Å². The maximum Gasteiger partial charge on any atom is 0.267 e. The van der Waals surface area contributed by atoms with Crippen LogP contribution >= 0.6 is 22.6 Å². The lowest BCUT2D eigenvalue weighted by Crippen LogP contribution is -2.14. The van der Waals surface area contributed by atoms with Gasteiger partial charge in [0.15, 0.2) is 0 Å². The van der Waals surface area contributed by atoms with Crippen molar-refractivity contribution in [3.05, 3.63) is 68.9 Å². The highest BCUT2D eigenvalue weighted by Gasteiger charge is 2.09. The zero-order chi connectivity index (χ0) is 16.8. The van der Waals surface area contributed by atoms with Crippen LogP contribution < -0.4 is 10.6 Å². The molecule has 5 heteroatoms. The summed E-state index contributed by atoms with van der Waals surface area (Å²) < 4.78 is 1.13. The lowest BCUT2D eigenvalue weighted by molar-refractivity contribution is -0.112. The van der Waals surface area contributed by atoms with Gasteiger partial charge in [-0.05, 0) is 72.3 Å². The first-order valence-electron chi connectivity index (χ1n) is 7.00. The van der Waals surface area contributed by atoms with Crippen LogP contribution in [0.3, 0.4) is 0 Å². The quantitative estimate of drug-likeness (QED) is 0.441. The van der Waals surface area contributed by atoms with Crippen molar-refractivity contribution in [1.82, 2.24) is 0 Å². The summed E-state index contributed by atoms with van der Waals surface area (Å²) in [4.78, 5) is 12.1. The molecule has 0 aromatic heterocycles. The molecule has 0 aliphatic heterocycles. The summed E-state index contributed by atoms with van der Waals surface area (Å²) in [6.45, 7) is 3.94. The molecule has 0 radical (unpaired) electrons. The van der Waals surface area contributed by atoms with Crippen LogP contribution in [-0.2, 0) is 4.79 Å². The summed E-state index contributed by atoms with van der Waals surface area (Å²) in [5, 5.41) is 14.9. The van der Waals surface area contributed by atoms with Crippen LogP contribution in [0.2, 0.25) is 0 Å². The van der Waals surface area contributed by atoms with Gasteiger partial charge in [0.25, 0.3) is 5.91 Å². The fourth-order valence-corrected chi connectivity index (χ4v) is 2.57. The minimum absolute atomic E-state index is 0.0172. The Morgan fingerprint density at radius 1 is 1.17 bits per heavy atom. The molecule has 0 heterocycles. The van der Waals surface area contributed by atoms with E-state index in [2.05, 4.69) is 33.2 Å². The van der Waals surface area contributed by atoms with Crippen LogP contribution in [0.15, 0.2) is 54.2 Å². The third-order valence-electron chi connectivity index (χ3n) is 3.23. The molecule has 0 spiro atoms. The highest BCUT2D eigenvalue weighted by Crippen LogP contribution is 2.18. The first kappa shape index (κ1) is 17.0. The molecule has 0 saturated heterocycles. The second-order valence-electron chi connectivity index (χ2n) is 5.09. The Labute approximate surface area is 149 Å². The number of rotatable bonds is 4. The van der Waals surface area contributed by atoms with Gasteiger partial charge in [-0.1, -0.05) is 17.7 Å². The van der Waals surface area contributed by atoms with E-state index < -0.39 is 5.91 Å². The lowest BCUT2D eigenvalue weighted by atomic mass is 10.2. The van der Waals surface area contributed by atoms with Crippen molar-refractivity contribution in [3.63, 3.8) is 0 Å². The second-order valence-corrected chi connectivity index (χ2v) is 6.34. The maximum atomic E-state index is 12.1. The van der Waals surface area contributed by atoms with Crippen molar-refractivity contribution < 1.29 is 4.79 Å². The number of hydrogen-bond acceptors (Lipinski definition) is 3. The van der Waals surface area contributed by atoms with E-state index in [1.165, 1.54) is 6.20 Å². The normalized spacial score (nSPS) is 10.8. The largest absolute Gasteiger partial charge is 0.360 e. The van der Waals surface area contributed by atoms with Gasteiger partial charge in [-0.3, -0.25) is 4.79 Å². The summed E-state index contributed by atoms with van der Waals surface area (Å²) in [6, 6.07) is 15.2. The van der Waals surface area contributed by atoms with E-state index in [-0.39, 0.29) is 5.57 Å². The SMILES string of the molecule is Cc1ccc(NC(=O)/C(C#N)=C\Nc2ccc(I)cc2C)cc1. The smallest absolute Gasteiger partial charge is 0.267 e. The number of carbonyl (C=O) groups is 1. The number of halogens is 1. The Hall–Kier alpha value is -2.33. The van der Waals surface area contributed by atoms with E-state index in [0.717, 1.165) is 20.4 Å². The molecule has 0 atom stereocenters. The molecule has 2 N–H and O–H groups in total. The van der Waals surface area contributed by atoms with Gasteiger partial charge in [0.2, 0.25) is 0 Å². The molecule has 23 heavy (non-hydrogen) atoms. The van der Waals surface area contributed by atoms with Gasteiger partial charge in [0.05, 0.1) is 0 Å². The summed E-state index contributed by atoms with van der Waals surface area (Å²) in [5.74, 6) is -0.438. The van der Waals surface area contributed by atoms with Gasteiger partial charge in [-0.25, -0.2) is 0 Å². The van der Waals surface area contributed by atoms with Crippen LogP contribution in [0.1, 0.15) is 11.1 Å². The summed E-state index contributed by atoms with van der Waals surface area (Å²) >= 11 is 2.24. The number of amides is 1. The van der Waals surface area contributed by atoms with Crippen LogP contribution in [0, 0.1) is 28.7 Å². The minimum atomic E-state index is -0.438. The van der Waals surface area contributed by atoms with E-state index in [9.17, 15) is 10.1 Å². The van der Waals surface area contributed by atoms with Crippen molar-refractivity contribution in [2.45, 2.75) is 13.8 Å². The van der Waals surface area contributed by atoms with E-state index in [1.54, 1.807) is 12.1 Å². The number of aryl methyl sites for hydroxylation is 2. The molecule has 116 valence electrons. The molecule has 0 bridgehead atoms. The first-order chi connectivity index (χ1) is 11.0. The minimum Gasteiger partial charge on any atom is -0.360 e. The van der Waals surface area contributed by atoms with E-state index in [0.29, 0.717) is 5.69 Å². The summed E-state index contributed by atoms with van der Waals surface area (Å²) in [7, 11) is 0. The number of nitriles is 1. The molecule has 1 amide bonds. The van der Waals surface area contributed by atoms with Gasteiger partial charge in [0.1, 0.15) is 11.6 Å². The van der Waals surface area contributed by atoms with Crippen LogP contribution in [0.5, 0.6) is 0 Å². The molecular formula is C18H16IN3O. The number of nitrogens with zero attached hydrogens (tertiary/aromatic N) is 1. The van der Waals surface area contributed by atoms with E-state index >= 15 is 0 Å². The highest BCUT2D eigenvalue weighted by atomic mass is 127. The first-order valence-corrected chi connectivity index (χ1v) is 8.08. The number of hydrogen-bond donors (Lipinski definition) is 2. The molecule has 0 saturated carbocycles. The molecule has 2 rings (SSSR count).